The number of carbonyl (C=O) groups is 1. The summed E-state index contributed by atoms with van der Waals surface area (Å²) in [5, 5.41) is 12.5. The first-order chi connectivity index (χ1) is 11.2. The molecule has 1 aromatic carbocycles. The third-order valence-corrected chi connectivity index (χ3v) is 5.00. The zero-order valence-electron chi connectivity index (χ0n) is 13.8. The number of aryl methyl sites for hydroxylation is 1. The highest BCUT2D eigenvalue weighted by molar-refractivity contribution is 6.33. The molecular formula is C21H36ClNO2. The van der Waals surface area contributed by atoms with Crippen molar-refractivity contribution in [3.63, 3.8) is 0 Å². The van der Waals surface area contributed by atoms with E-state index in [0.717, 1.165) is 18.5 Å². The molecule has 25 heavy (non-hydrogen) atoms. The highest BCUT2D eigenvalue weighted by Crippen LogP contribution is 2.22. The Kier molecular flexibility index (Phi) is 12.6. The topological polar surface area (TPSA) is 49.3 Å². The number of benzene rings is 1. The molecule has 0 heterocycles. The van der Waals surface area contributed by atoms with Crippen molar-refractivity contribution in [1.82, 2.24) is 5.32 Å². The first-order valence-electron chi connectivity index (χ1n) is 8.88. The van der Waals surface area contributed by atoms with Crippen LogP contribution in [-0.4, -0.2) is 24.2 Å². The molecule has 0 spiro atoms. The summed E-state index contributed by atoms with van der Waals surface area (Å²) >= 11 is 6.18. The van der Waals surface area contributed by atoms with Crippen LogP contribution in [0.3, 0.4) is 0 Å². The van der Waals surface area contributed by atoms with E-state index < -0.39 is 0 Å². The summed E-state index contributed by atoms with van der Waals surface area (Å²) in [6, 6.07) is 5.55. The monoisotopic (exact) mass is 369 g/mol. The number of halogens is 1. The van der Waals surface area contributed by atoms with Crippen LogP contribution in [-0.2, 0) is 6.42 Å². The van der Waals surface area contributed by atoms with Crippen molar-refractivity contribution in [2.75, 3.05) is 13.2 Å². The van der Waals surface area contributed by atoms with Gasteiger partial charge in [0.25, 0.3) is 5.91 Å². The minimum absolute atomic E-state index is 0. The van der Waals surface area contributed by atoms with Crippen LogP contribution in [0.25, 0.3) is 0 Å². The smallest absolute Gasteiger partial charge is 0.252 e. The summed E-state index contributed by atoms with van der Waals surface area (Å²) < 4.78 is 0. The van der Waals surface area contributed by atoms with Crippen molar-refractivity contribution < 1.29 is 9.90 Å². The van der Waals surface area contributed by atoms with Crippen molar-refractivity contribution in [2.24, 2.45) is 5.92 Å². The Morgan fingerprint density at radius 1 is 1.12 bits per heavy atom. The van der Waals surface area contributed by atoms with Gasteiger partial charge in [0.2, 0.25) is 0 Å². The quantitative estimate of drug-likeness (QED) is 0.682. The first-order valence-corrected chi connectivity index (χ1v) is 9.26. The average Bonchev–Trinajstić information content (AvgIpc) is 2.52. The van der Waals surface area contributed by atoms with Crippen LogP contribution in [0.1, 0.15) is 82.1 Å². The van der Waals surface area contributed by atoms with Crippen molar-refractivity contribution in [3.8, 4) is 0 Å². The molecule has 0 atom stereocenters. The number of hydrogen-bond acceptors (Lipinski definition) is 2. The van der Waals surface area contributed by atoms with E-state index in [1.807, 2.05) is 12.1 Å². The second-order valence-corrected chi connectivity index (χ2v) is 6.97. The molecule has 0 radical (unpaired) electrons. The van der Waals surface area contributed by atoms with Gasteiger partial charge in [-0.05, 0) is 49.3 Å². The molecule has 3 nitrogen and oxygen atoms in total. The summed E-state index contributed by atoms with van der Waals surface area (Å²) in [5.41, 5.74) is 1.59. The normalized spacial score (nSPS) is 15.3. The second-order valence-electron chi connectivity index (χ2n) is 6.56. The van der Waals surface area contributed by atoms with Gasteiger partial charge >= 0.3 is 0 Å². The minimum atomic E-state index is -0.0806. The summed E-state index contributed by atoms with van der Waals surface area (Å²) in [6.45, 7) is 0.905. The molecule has 0 aromatic heterocycles. The van der Waals surface area contributed by atoms with Crippen LogP contribution < -0.4 is 5.32 Å². The van der Waals surface area contributed by atoms with E-state index in [1.54, 1.807) is 6.07 Å². The van der Waals surface area contributed by atoms with Crippen LogP contribution >= 0.6 is 11.6 Å². The number of aliphatic hydroxyl groups excluding tert-OH is 1. The van der Waals surface area contributed by atoms with Crippen molar-refractivity contribution >= 4 is 17.5 Å². The molecule has 1 amide bonds. The lowest BCUT2D eigenvalue weighted by molar-refractivity contribution is 0.0944. The van der Waals surface area contributed by atoms with Gasteiger partial charge in [-0.15, -0.1) is 0 Å². The third-order valence-electron chi connectivity index (χ3n) is 4.68. The predicted octanol–water partition coefficient (Wildman–Crippen LogP) is 5.63. The van der Waals surface area contributed by atoms with Crippen LogP contribution in [0.4, 0.5) is 0 Å². The molecule has 144 valence electrons. The molecular weight excluding hydrogens is 334 g/mol. The first kappa shape index (κ1) is 23.9. The van der Waals surface area contributed by atoms with Crippen LogP contribution in [0, 0.1) is 5.92 Å². The average molecular weight is 370 g/mol. The minimum Gasteiger partial charge on any atom is -0.396 e. The SMILES string of the molecule is C.C.O=C(NCC1CCCCCCC1)c1cc(CCCO)ccc1Cl. The van der Waals surface area contributed by atoms with Gasteiger partial charge in [0.05, 0.1) is 10.6 Å². The number of amides is 1. The molecule has 2 rings (SSSR count). The molecule has 0 bridgehead atoms. The van der Waals surface area contributed by atoms with E-state index >= 15 is 0 Å². The third kappa shape index (κ3) is 8.24. The maximum atomic E-state index is 12.4. The van der Waals surface area contributed by atoms with Gasteiger partial charge in [-0.2, -0.15) is 0 Å². The fraction of sp³-hybridized carbons (Fsp3) is 0.667. The van der Waals surface area contributed by atoms with E-state index in [4.69, 9.17) is 16.7 Å². The molecule has 4 heteroatoms. The molecule has 2 N–H and O–H groups in total. The lowest BCUT2D eigenvalue weighted by atomic mass is 9.91. The molecule has 0 saturated heterocycles. The van der Waals surface area contributed by atoms with Gasteiger partial charge < -0.3 is 10.4 Å². The summed E-state index contributed by atoms with van der Waals surface area (Å²) in [5.74, 6) is 0.513. The zero-order valence-corrected chi connectivity index (χ0v) is 14.6. The Morgan fingerprint density at radius 2 is 1.76 bits per heavy atom. The van der Waals surface area contributed by atoms with Gasteiger partial charge in [0, 0.05) is 13.2 Å². The Bertz CT molecular complexity index is 497. The zero-order chi connectivity index (χ0) is 16.5. The Morgan fingerprint density at radius 3 is 2.40 bits per heavy atom. The summed E-state index contributed by atoms with van der Waals surface area (Å²) in [7, 11) is 0. The molecule has 0 unspecified atom stereocenters. The fourth-order valence-corrected chi connectivity index (χ4v) is 3.47. The number of nitrogens with one attached hydrogen (secondary N) is 1. The Labute approximate surface area is 159 Å². The predicted molar refractivity (Wildman–Crippen MR) is 108 cm³/mol. The van der Waals surface area contributed by atoms with Gasteiger partial charge in [-0.25, -0.2) is 0 Å². The second kappa shape index (κ2) is 13.2. The lowest BCUT2D eigenvalue weighted by Gasteiger charge is -2.20. The van der Waals surface area contributed by atoms with Crippen molar-refractivity contribution in [1.29, 1.82) is 0 Å². The Balaban J connectivity index is 0.00000288. The van der Waals surface area contributed by atoms with Crippen LogP contribution in [0.15, 0.2) is 18.2 Å². The van der Waals surface area contributed by atoms with Crippen molar-refractivity contribution in [3.05, 3.63) is 34.3 Å². The van der Waals surface area contributed by atoms with E-state index in [1.165, 1.54) is 44.9 Å². The van der Waals surface area contributed by atoms with Crippen molar-refractivity contribution in [2.45, 2.75) is 72.6 Å². The fourth-order valence-electron chi connectivity index (χ4n) is 3.26. The van der Waals surface area contributed by atoms with E-state index in [2.05, 4.69) is 5.32 Å². The maximum absolute atomic E-state index is 12.4. The highest BCUT2D eigenvalue weighted by Gasteiger charge is 2.15. The van der Waals surface area contributed by atoms with Crippen LogP contribution in [0.5, 0.6) is 0 Å². The summed E-state index contributed by atoms with van der Waals surface area (Å²) in [4.78, 5) is 12.4. The standard InChI is InChI=1S/C19H28ClNO2.2CH4/c20-18-11-10-15(9-6-12-22)13-17(18)19(23)21-14-16-7-4-2-1-3-5-8-16;;/h10-11,13,16,22H,1-9,12,14H2,(H,21,23);2*1H4. The largest absolute Gasteiger partial charge is 0.396 e. The van der Waals surface area contributed by atoms with Gasteiger partial charge in [0.15, 0.2) is 0 Å². The number of rotatable bonds is 6. The maximum Gasteiger partial charge on any atom is 0.252 e. The summed E-state index contributed by atoms with van der Waals surface area (Å²) in [6.07, 6.45) is 10.4. The Hall–Kier alpha value is -1.06. The van der Waals surface area contributed by atoms with E-state index in [-0.39, 0.29) is 27.4 Å². The molecule has 1 aliphatic carbocycles. The van der Waals surface area contributed by atoms with Crippen LogP contribution in [0.2, 0.25) is 5.02 Å². The molecule has 1 fully saturated rings. The number of hydrogen-bond donors (Lipinski definition) is 2. The van der Waals surface area contributed by atoms with Gasteiger partial charge in [-0.1, -0.05) is 64.6 Å². The van der Waals surface area contributed by atoms with E-state index in [9.17, 15) is 4.79 Å². The number of carbonyl (C=O) groups excluding carboxylic acids is 1. The lowest BCUT2D eigenvalue weighted by Crippen LogP contribution is -2.30. The van der Waals surface area contributed by atoms with Gasteiger partial charge in [0.1, 0.15) is 0 Å². The van der Waals surface area contributed by atoms with Gasteiger partial charge in [-0.3, -0.25) is 4.79 Å². The molecule has 1 aliphatic rings. The molecule has 1 saturated carbocycles. The highest BCUT2D eigenvalue weighted by atomic mass is 35.5. The number of aliphatic hydroxyl groups is 1. The molecule has 0 aliphatic heterocycles. The van der Waals surface area contributed by atoms with E-state index in [0.29, 0.717) is 22.9 Å². The molecule has 1 aromatic rings.